The number of carbonyl (C=O) groups excluding carboxylic acids is 1. The lowest BCUT2D eigenvalue weighted by molar-refractivity contribution is -0.311. The molecule has 9 unspecified atom stereocenters. The highest BCUT2D eigenvalue weighted by Gasteiger charge is 2.60. The average molecular weight is 885 g/mol. The van der Waals surface area contributed by atoms with Gasteiger partial charge in [-0.3, -0.25) is 4.79 Å². The van der Waals surface area contributed by atoms with Crippen molar-refractivity contribution in [1.29, 1.82) is 0 Å². The van der Waals surface area contributed by atoms with E-state index in [1.165, 1.54) is 0 Å². The van der Waals surface area contributed by atoms with Gasteiger partial charge in [0, 0.05) is 51.7 Å². The number of esters is 1. The lowest BCUT2D eigenvalue weighted by Gasteiger charge is -2.48. The van der Waals surface area contributed by atoms with Gasteiger partial charge in [-0.05, 0) is 62.8 Å². The van der Waals surface area contributed by atoms with E-state index in [0.717, 1.165) is 12.0 Å². The molecule has 63 heavy (non-hydrogen) atoms. The van der Waals surface area contributed by atoms with E-state index in [2.05, 4.69) is 45.0 Å². The summed E-state index contributed by atoms with van der Waals surface area (Å²) in [7, 11) is 3.31. The molecule has 1 spiro atoms. The summed E-state index contributed by atoms with van der Waals surface area (Å²) in [6.45, 7) is 16.2. The SMILES string of the molecule is CCC(C)C1OC2(C=C[C@H]1C)CC1CC(C/C=C(\C)[C@@H](OC3C[C@@H](OC)[C@H](O[C@H]4C[C@H](OC)[C@H](N)[C@H](C)O4)[C@@H](C)O3)C(C)/C=C/C=C3\COC4/C(=N/O)C(C)=CC(C(=O)O1)[C@]34O)O2. The molecule has 0 aromatic carbocycles. The first-order chi connectivity index (χ1) is 30.0. The summed E-state index contributed by atoms with van der Waals surface area (Å²) in [4.78, 5) is 14.4. The lowest BCUT2D eigenvalue weighted by Crippen LogP contribution is -2.57. The number of aliphatic hydroxyl groups is 1. The van der Waals surface area contributed by atoms with Crippen LogP contribution in [0, 0.1) is 23.7 Å². The van der Waals surface area contributed by atoms with Crippen molar-refractivity contribution >= 4 is 11.7 Å². The van der Waals surface area contributed by atoms with Crippen LogP contribution < -0.4 is 5.73 Å². The third kappa shape index (κ3) is 9.85. The average Bonchev–Trinajstić information content (AvgIpc) is 3.59. The summed E-state index contributed by atoms with van der Waals surface area (Å²) in [5.41, 5.74) is 6.56. The van der Waals surface area contributed by atoms with Gasteiger partial charge in [-0.25, -0.2) is 0 Å². The Morgan fingerprint density at radius 3 is 2.38 bits per heavy atom. The van der Waals surface area contributed by atoms with E-state index in [1.54, 1.807) is 33.3 Å². The van der Waals surface area contributed by atoms with E-state index in [0.29, 0.717) is 36.8 Å². The molecule has 2 bridgehead atoms. The number of nitrogens with zero attached hydrogens (tertiary/aromatic N) is 1. The van der Waals surface area contributed by atoms with Crippen molar-refractivity contribution in [2.24, 2.45) is 34.6 Å². The summed E-state index contributed by atoms with van der Waals surface area (Å²) in [5, 5.41) is 26.2. The minimum Gasteiger partial charge on any atom is -0.462 e. The second-order valence-corrected chi connectivity index (χ2v) is 19.0. The van der Waals surface area contributed by atoms with Crippen molar-refractivity contribution in [3.8, 4) is 0 Å². The van der Waals surface area contributed by atoms with Gasteiger partial charge in [0.1, 0.15) is 35.5 Å². The molecule has 6 aliphatic heterocycles. The molecule has 15 nitrogen and oxygen atoms in total. The van der Waals surface area contributed by atoms with E-state index in [9.17, 15) is 15.1 Å². The minimum absolute atomic E-state index is 0.0120. The highest BCUT2D eigenvalue weighted by Crippen LogP contribution is 2.46. The summed E-state index contributed by atoms with van der Waals surface area (Å²) in [5.74, 6) is -2.62. The molecule has 15 heteroatoms. The Balaban J connectivity index is 1.19. The summed E-state index contributed by atoms with van der Waals surface area (Å²) in [6, 6.07) is -0.261. The molecule has 0 radical (unpaired) electrons. The van der Waals surface area contributed by atoms with Gasteiger partial charge in [0.15, 0.2) is 18.4 Å². The molecule has 19 atom stereocenters. The van der Waals surface area contributed by atoms with Gasteiger partial charge in [0.25, 0.3) is 0 Å². The number of allylic oxidation sites excluding steroid dienone is 2. The van der Waals surface area contributed by atoms with Gasteiger partial charge >= 0.3 is 5.97 Å². The van der Waals surface area contributed by atoms with Crippen LogP contribution in [0.2, 0.25) is 0 Å². The molecular weight excluding hydrogens is 813 g/mol. The van der Waals surface area contributed by atoms with E-state index in [-0.39, 0.29) is 67.0 Å². The topological polar surface area (TPSA) is 188 Å². The summed E-state index contributed by atoms with van der Waals surface area (Å²) in [6.07, 6.45) is 11.1. The van der Waals surface area contributed by atoms with Gasteiger partial charge in [-0.15, -0.1) is 0 Å². The maximum Gasteiger partial charge on any atom is 0.316 e. The normalized spacial score (nSPS) is 48.0. The first kappa shape index (κ1) is 48.1. The van der Waals surface area contributed by atoms with Crippen molar-refractivity contribution in [1.82, 2.24) is 0 Å². The van der Waals surface area contributed by atoms with E-state index in [4.69, 9.17) is 53.1 Å². The molecule has 4 N–H and O–H groups in total. The number of methoxy groups -OCH3 is 2. The van der Waals surface area contributed by atoms with Gasteiger partial charge in [-0.2, -0.15) is 0 Å². The number of fused-ring (bicyclic) bond motifs is 2. The van der Waals surface area contributed by atoms with E-state index >= 15 is 0 Å². The van der Waals surface area contributed by atoms with Gasteiger partial charge < -0.3 is 63.4 Å². The second kappa shape index (κ2) is 20.0. The van der Waals surface area contributed by atoms with Crippen molar-refractivity contribution < 1.29 is 62.5 Å². The number of nitrogens with two attached hydrogens (primary N) is 1. The number of oxime groups is 1. The third-order valence-electron chi connectivity index (χ3n) is 14.6. The van der Waals surface area contributed by atoms with Crippen molar-refractivity contribution in [3.05, 3.63) is 59.3 Å². The molecule has 352 valence electrons. The molecule has 4 saturated heterocycles. The fourth-order valence-electron chi connectivity index (χ4n) is 10.6. The highest BCUT2D eigenvalue weighted by atomic mass is 16.7. The largest absolute Gasteiger partial charge is 0.462 e. The highest BCUT2D eigenvalue weighted by molar-refractivity contribution is 6.06. The van der Waals surface area contributed by atoms with Crippen LogP contribution in [0.25, 0.3) is 0 Å². The summed E-state index contributed by atoms with van der Waals surface area (Å²) < 4.78 is 64.1. The molecule has 1 aliphatic carbocycles. The zero-order chi connectivity index (χ0) is 45.4. The van der Waals surface area contributed by atoms with Crippen molar-refractivity contribution in [2.75, 3.05) is 20.8 Å². The Hall–Kier alpha value is -2.80. The molecule has 7 rings (SSSR count). The van der Waals surface area contributed by atoms with Crippen LogP contribution in [-0.4, -0.2) is 134 Å². The maximum absolute atomic E-state index is 14.4. The van der Waals surface area contributed by atoms with Crippen LogP contribution in [0.5, 0.6) is 0 Å². The monoisotopic (exact) mass is 885 g/mol. The number of rotatable bonds is 8. The maximum atomic E-state index is 14.4. The van der Waals surface area contributed by atoms with Crippen LogP contribution in [0.3, 0.4) is 0 Å². The molecule has 6 heterocycles. The molecule has 0 aromatic rings. The van der Waals surface area contributed by atoms with Crippen molar-refractivity contribution in [3.63, 3.8) is 0 Å². The standard InChI is InChI=1S/C48H72N2O13/c1-11-25(2)43-28(5)17-18-47(63-43)23-34-20-33(62-47)16-15-27(4)42(60-39-22-37(55-10)44(31(8)58-39)61-38-21-36(54-9)40(49)30(7)57-38)26(3)13-12-14-32-24-56-45-41(50-53)29(6)19-35(46(51)59-34)48(32,45)52/h12-15,17-19,25-26,28,30-31,33-40,42-45,52-53H,11,16,20-24,49H2,1-10H3/b13-12+,27-15+,32-14+,50-41+/t25?,26?,28-,30+,31-,33?,34?,35?,36+,37-,38+,39?,40-,42+,43?,44-,45?,47?,48-/m1/s1. The Kier molecular flexibility index (Phi) is 15.3. The Morgan fingerprint density at radius 2 is 1.67 bits per heavy atom. The first-order valence-corrected chi connectivity index (χ1v) is 23.0. The number of carbonyl (C=O) groups is 1. The fourth-order valence-corrected chi connectivity index (χ4v) is 10.6. The quantitative estimate of drug-likeness (QED) is 0.115. The number of hydrogen-bond donors (Lipinski definition) is 3. The van der Waals surface area contributed by atoms with Crippen LogP contribution in [-0.2, 0) is 52.2 Å². The Labute approximate surface area is 372 Å². The van der Waals surface area contributed by atoms with Gasteiger partial charge in [-0.1, -0.05) is 75.7 Å². The van der Waals surface area contributed by atoms with Crippen LogP contribution in [0.1, 0.15) is 93.9 Å². The molecule has 0 saturated carbocycles. The molecule has 7 aliphatic rings. The number of hydrogen-bond acceptors (Lipinski definition) is 15. The molecular formula is C48H72N2O13. The van der Waals surface area contributed by atoms with E-state index < -0.39 is 72.5 Å². The summed E-state index contributed by atoms with van der Waals surface area (Å²) >= 11 is 0. The number of ether oxygens (including phenoxy) is 10. The lowest BCUT2D eigenvalue weighted by atomic mass is 9.71. The minimum atomic E-state index is -1.87. The fraction of sp³-hybridized carbons (Fsp3) is 0.750. The van der Waals surface area contributed by atoms with Gasteiger partial charge in [0.2, 0.25) is 0 Å². The first-order valence-electron chi connectivity index (χ1n) is 23.0. The van der Waals surface area contributed by atoms with Gasteiger partial charge in [0.05, 0.1) is 55.4 Å². The van der Waals surface area contributed by atoms with Crippen molar-refractivity contribution in [2.45, 2.75) is 185 Å². The molecule has 0 aromatic heterocycles. The van der Waals surface area contributed by atoms with Crippen LogP contribution in [0.4, 0.5) is 0 Å². The van der Waals surface area contributed by atoms with Crippen LogP contribution >= 0.6 is 0 Å². The second-order valence-electron chi connectivity index (χ2n) is 19.0. The predicted molar refractivity (Wildman–Crippen MR) is 232 cm³/mol. The smallest absolute Gasteiger partial charge is 0.316 e. The third-order valence-corrected chi connectivity index (χ3v) is 14.6. The molecule has 0 amide bonds. The molecule has 4 fully saturated rings. The van der Waals surface area contributed by atoms with Crippen LogP contribution in [0.15, 0.2) is 64.4 Å². The Bertz CT molecular complexity index is 1810. The predicted octanol–water partition coefficient (Wildman–Crippen LogP) is 5.81. The van der Waals surface area contributed by atoms with E-state index in [1.807, 2.05) is 39.0 Å². The zero-order valence-corrected chi connectivity index (χ0v) is 38.7. The Morgan fingerprint density at radius 1 is 0.952 bits per heavy atom. The zero-order valence-electron chi connectivity index (χ0n) is 38.7.